The van der Waals surface area contributed by atoms with Gasteiger partial charge in [-0.1, -0.05) is 41.7 Å². The number of piperidine rings is 1. The Kier molecular flexibility index (Phi) is 6.00. The zero-order chi connectivity index (χ0) is 20.2. The van der Waals surface area contributed by atoms with E-state index >= 15 is 0 Å². The number of hydrogen-bond donors (Lipinski definition) is 1. The maximum Gasteiger partial charge on any atom is 0.223 e. The first-order valence-corrected chi connectivity index (χ1v) is 11.1. The third-order valence-corrected chi connectivity index (χ3v) is 6.53. The summed E-state index contributed by atoms with van der Waals surface area (Å²) < 4.78 is 6.73. The van der Waals surface area contributed by atoms with Gasteiger partial charge in [0.15, 0.2) is 5.13 Å². The Morgan fingerprint density at radius 3 is 2.72 bits per heavy atom. The smallest absolute Gasteiger partial charge is 0.223 e. The molecule has 4 rings (SSSR count). The number of ether oxygens (including phenoxy) is 1. The highest BCUT2D eigenvalue weighted by molar-refractivity contribution is 7.22. The van der Waals surface area contributed by atoms with Crippen LogP contribution in [-0.2, 0) is 4.79 Å². The molecule has 0 spiro atoms. The highest BCUT2D eigenvalue weighted by Crippen LogP contribution is 2.33. The summed E-state index contributed by atoms with van der Waals surface area (Å²) in [5.41, 5.74) is 2.14. The fraction of sp³-hybridized carbons (Fsp3) is 0.391. The van der Waals surface area contributed by atoms with Crippen molar-refractivity contribution in [2.24, 2.45) is 5.92 Å². The van der Waals surface area contributed by atoms with Crippen LogP contribution in [0.2, 0.25) is 0 Å². The molecule has 0 unspecified atom stereocenters. The van der Waals surface area contributed by atoms with Crippen LogP contribution in [0.15, 0.2) is 48.5 Å². The third-order valence-electron chi connectivity index (χ3n) is 5.45. The standard InChI is InChI=1S/C23H27N3O2S/c1-3-28-19-9-10-20-21(15-19)29-23(25-20)26-13-11-18(12-14-26)22(27)24-16(2)17-7-5-4-6-8-17/h4-10,15-16,18H,3,11-14H2,1-2H3,(H,24,27)/t16-/m1/s1. The van der Waals surface area contributed by atoms with E-state index in [2.05, 4.69) is 28.4 Å². The van der Waals surface area contributed by atoms with Gasteiger partial charge in [0.05, 0.1) is 22.9 Å². The van der Waals surface area contributed by atoms with Gasteiger partial charge in [-0.2, -0.15) is 0 Å². The zero-order valence-electron chi connectivity index (χ0n) is 16.9. The van der Waals surface area contributed by atoms with Gasteiger partial charge in [-0.15, -0.1) is 0 Å². The Bertz CT molecular complexity index is 965. The summed E-state index contributed by atoms with van der Waals surface area (Å²) in [5, 5.41) is 4.21. The number of carbonyl (C=O) groups is 1. The fourth-order valence-electron chi connectivity index (χ4n) is 3.77. The van der Waals surface area contributed by atoms with Crippen molar-refractivity contribution in [1.82, 2.24) is 10.3 Å². The van der Waals surface area contributed by atoms with Gasteiger partial charge in [-0.25, -0.2) is 4.98 Å². The van der Waals surface area contributed by atoms with Crippen LogP contribution in [-0.4, -0.2) is 30.6 Å². The number of aromatic nitrogens is 1. The summed E-state index contributed by atoms with van der Waals surface area (Å²) in [7, 11) is 0. The van der Waals surface area contributed by atoms with E-state index in [0.717, 1.165) is 52.6 Å². The van der Waals surface area contributed by atoms with Crippen molar-refractivity contribution in [1.29, 1.82) is 0 Å². The number of nitrogens with one attached hydrogen (secondary N) is 1. The first kappa shape index (κ1) is 19.7. The molecular formula is C23H27N3O2S. The second-order valence-electron chi connectivity index (χ2n) is 7.46. The average Bonchev–Trinajstić information content (AvgIpc) is 3.18. The maximum absolute atomic E-state index is 12.7. The molecule has 6 heteroatoms. The van der Waals surface area contributed by atoms with Crippen LogP contribution in [0.25, 0.3) is 10.2 Å². The van der Waals surface area contributed by atoms with Crippen LogP contribution in [0.5, 0.6) is 5.75 Å². The van der Waals surface area contributed by atoms with Crippen LogP contribution < -0.4 is 15.0 Å². The number of anilines is 1. The summed E-state index contributed by atoms with van der Waals surface area (Å²) >= 11 is 1.70. The molecule has 1 N–H and O–H groups in total. The Balaban J connectivity index is 1.35. The predicted octanol–water partition coefficient (Wildman–Crippen LogP) is 4.79. The Labute approximate surface area is 175 Å². The molecule has 1 saturated heterocycles. The number of hydrogen-bond acceptors (Lipinski definition) is 5. The van der Waals surface area contributed by atoms with Crippen molar-refractivity contribution in [3.05, 3.63) is 54.1 Å². The van der Waals surface area contributed by atoms with E-state index in [9.17, 15) is 4.79 Å². The van der Waals surface area contributed by atoms with Crippen molar-refractivity contribution in [2.75, 3.05) is 24.6 Å². The van der Waals surface area contributed by atoms with Gasteiger partial charge < -0.3 is 15.0 Å². The third kappa shape index (κ3) is 4.53. The van der Waals surface area contributed by atoms with Gasteiger partial charge in [0.2, 0.25) is 5.91 Å². The van der Waals surface area contributed by atoms with Gasteiger partial charge in [0.25, 0.3) is 0 Å². The molecule has 1 amide bonds. The summed E-state index contributed by atoms with van der Waals surface area (Å²) in [6.45, 7) is 6.41. The molecule has 0 saturated carbocycles. The number of nitrogens with zero attached hydrogens (tertiary/aromatic N) is 2. The lowest BCUT2D eigenvalue weighted by atomic mass is 9.95. The number of amides is 1. The Morgan fingerprint density at radius 1 is 1.24 bits per heavy atom. The zero-order valence-corrected chi connectivity index (χ0v) is 17.7. The SMILES string of the molecule is CCOc1ccc2nc(N3CCC(C(=O)N[C@H](C)c4ccccc4)CC3)sc2c1. The number of rotatable bonds is 6. The second kappa shape index (κ2) is 8.82. The van der Waals surface area contributed by atoms with E-state index < -0.39 is 0 Å². The number of benzene rings is 2. The normalized spacial score (nSPS) is 16.0. The lowest BCUT2D eigenvalue weighted by Crippen LogP contribution is -2.41. The quantitative estimate of drug-likeness (QED) is 0.636. The topological polar surface area (TPSA) is 54.5 Å². The van der Waals surface area contributed by atoms with Crippen molar-refractivity contribution in [3.8, 4) is 5.75 Å². The average molecular weight is 410 g/mol. The van der Waals surface area contributed by atoms with Crippen molar-refractivity contribution in [3.63, 3.8) is 0 Å². The summed E-state index contributed by atoms with van der Waals surface area (Å²) in [4.78, 5) is 19.8. The van der Waals surface area contributed by atoms with E-state index in [0.29, 0.717) is 6.61 Å². The lowest BCUT2D eigenvalue weighted by molar-refractivity contribution is -0.126. The molecule has 0 bridgehead atoms. The molecule has 1 aliphatic heterocycles. The number of carbonyl (C=O) groups excluding carboxylic acids is 1. The largest absolute Gasteiger partial charge is 0.494 e. The molecule has 1 aliphatic rings. The van der Waals surface area contributed by atoms with E-state index in [1.54, 1.807) is 11.3 Å². The summed E-state index contributed by atoms with van der Waals surface area (Å²) in [5.74, 6) is 1.11. The maximum atomic E-state index is 12.7. The van der Waals surface area contributed by atoms with Crippen LogP contribution in [0.1, 0.15) is 38.3 Å². The van der Waals surface area contributed by atoms with Gasteiger partial charge in [0.1, 0.15) is 5.75 Å². The minimum atomic E-state index is 0.0329. The molecule has 29 heavy (non-hydrogen) atoms. The Hall–Kier alpha value is -2.60. The van der Waals surface area contributed by atoms with Gasteiger partial charge in [-0.05, 0) is 50.5 Å². The molecule has 0 aliphatic carbocycles. The molecule has 2 aromatic carbocycles. The summed E-state index contributed by atoms with van der Waals surface area (Å²) in [6, 6.07) is 16.2. The molecule has 2 heterocycles. The fourth-order valence-corrected chi connectivity index (χ4v) is 4.82. The van der Waals surface area contributed by atoms with Crippen molar-refractivity contribution in [2.45, 2.75) is 32.7 Å². The summed E-state index contributed by atoms with van der Waals surface area (Å²) in [6.07, 6.45) is 1.71. The first-order chi connectivity index (χ1) is 14.1. The molecule has 152 valence electrons. The van der Waals surface area contributed by atoms with Gasteiger partial charge in [0, 0.05) is 19.0 Å². The molecule has 3 aromatic rings. The van der Waals surface area contributed by atoms with E-state index in [1.165, 1.54) is 0 Å². The second-order valence-corrected chi connectivity index (χ2v) is 8.47. The lowest BCUT2D eigenvalue weighted by Gasteiger charge is -2.31. The number of thiazole rings is 1. The molecule has 1 atom stereocenters. The Morgan fingerprint density at radius 2 is 2.00 bits per heavy atom. The van der Waals surface area contributed by atoms with E-state index in [1.807, 2.05) is 44.2 Å². The van der Waals surface area contributed by atoms with Crippen LogP contribution >= 0.6 is 11.3 Å². The van der Waals surface area contributed by atoms with Gasteiger partial charge >= 0.3 is 0 Å². The number of fused-ring (bicyclic) bond motifs is 1. The van der Waals surface area contributed by atoms with Crippen molar-refractivity contribution >= 4 is 32.6 Å². The molecule has 0 radical (unpaired) electrons. The van der Waals surface area contributed by atoms with Crippen molar-refractivity contribution < 1.29 is 9.53 Å². The molecule has 5 nitrogen and oxygen atoms in total. The molecule has 1 aromatic heterocycles. The van der Waals surface area contributed by atoms with Crippen LogP contribution in [0, 0.1) is 5.92 Å². The highest BCUT2D eigenvalue weighted by atomic mass is 32.1. The van der Waals surface area contributed by atoms with Crippen LogP contribution in [0.4, 0.5) is 5.13 Å². The van der Waals surface area contributed by atoms with Gasteiger partial charge in [-0.3, -0.25) is 4.79 Å². The van der Waals surface area contributed by atoms with E-state index in [4.69, 9.17) is 9.72 Å². The molecule has 1 fully saturated rings. The highest BCUT2D eigenvalue weighted by Gasteiger charge is 2.27. The minimum Gasteiger partial charge on any atom is -0.494 e. The van der Waals surface area contributed by atoms with Crippen LogP contribution in [0.3, 0.4) is 0 Å². The first-order valence-electron chi connectivity index (χ1n) is 10.3. The predicted molar refractivity (Wildman–Crippen MR) is 119 cm³/mol. The molecular weight excluding hydrogens is 382 g/mol. The minimum absolute atomic E-state index is 0.0329. The van der Waals surface area contributed by atoms with E-state index in [-0.39, 0.29) is 17.9 Å². The monoisotopic (exact) mass is 409 g/mol.